The summed E-state index contributed by atoms with van der Waals surface area (Å²) in [5, 5.41) is 9.19. The van der Waals surface area contributed by atoms with E-state index in [9.17, 15) is 9.90 Å². The van der Waals surface area contributed by atoms with E-state index in [0.717, 1.165) is 12.8 Å². The minimum Gasteiger partial charge on any atom is -0.480 e. The maximum atomic E-state index is 11.2. The number of hydrogen-bond donors (Lipinski definition) is 1. The first-order valence-electron chi connectivity index (χ1n) is 6.89. The summed E-state index contributed by atoms with van der Waals surface area (Å²) in [6, 6.07) is 8.19. The highest BCUT2D eigenvalue weighted by atomic mass is 16.4. The molecule has 2 unspecified atom stereocenters. The van der Waals surface area contributed by atoms with Crippen molar-refractivity contribution in [2.75, 3.05) is 7.05 Å². The van der Waals surface area contributed by atoms with Crippen LogP contribution in [-0.2, 0) is 10.2 Å². The number of carboxylic acid groups (broad SMARTS) is 1. The van der Waals surface area contributed by atoms with Crippen LogP contribution in [0.3, 0.4) is 0 Å². The first kappa shape index (κ1) is 14.1. The number of hydrogen-bond acceptors (Lipinski definition) is 2. The Balaban J connectivity index is 2.38. The van der Waals surface area contributed by atoms with Crippen LogP contribution >= 0.6 is 0 Å². The van der Waals surface area contributed by atoms with Gasteiger partial charge in [-0.05, 0) is 43.4 Å². The minimum atomic E-state index is -0.759. The van der Waals surface area contributed by atoms with E-state index < -0.39 is 12.0 Å². The third-order valence-corrected chi connectivity index (χ3v) is 4.55. The molecule has 0 radical (unpaired) electrons. The van der Waals surface area contributed by atoms with Gasteiger partial charge in [0, 0.05) is 6.04 Å². The summed E-state index contributed by atoms with van der Waals surface area (Å²) in [6.45, 7) is 6.29. The summed E-state index contributed by atoms with van der Waals surface area (Å²) in [7, 11) is 1.92. The number of carboxylic acids is 1. The highest BCUT2D eigenvalue weighted by Crippen LogP contribution is 2.43. The maximum Gasteiger partial charge on any atom is 0.320 e. The van der Waals surface area contributed by atoms with Gasteiger partial charge in [-0.25, -0.2) is 0 Å². The molecule has 0 heterocycles. The molecule has 0 bridgehead atoms. The van der Waals surface area contributed by atoms with Crippen LogP contribution in [0.15, 0.2) is 24.3 Å². The van der Waals surface area contributed by atoms with Crippen molar-refractivity contribution in [2.45, 2.75) is 51.1 Å². The molecule has 2 atom stereocenters. The molecule has 1 aromatic rings. The van der Waals surface area contributed by atoms with Crippen molar-refractivity contribution in [1.29, 1.82) is 0 Å². The fourth-order valence-corrected chi connectivity index (χ4v) is 3.06. The average molecular weight is 261 g/mol. The fourth-order valence-electron chi connectivity index (χ4n) is 3.06. The van der Waals surface area contributed by atoms with E-state index in [-0.39, 0.29) is 11.5 Å². The van der Waals surface area contributed by atoms with Crippen molar-refractivity contribution in [3.05, 3.63) is 35.4 Å². The Labute approximate surface area is 115 Å². The SMILES string of the molecule is CC(C(=O)O)N(C)C1CCC(C)(C)c2ccccc21. The number of likely N-dealkylation sites (N-methyl/N-ethyl adjacent to an activating group) is 1. The highest BCUT2D eigenvalue weighted by molar-refractivity contribution is 5.73. The first-order valence-corrected chi connectivity index (χ1v) is 6.89. The molecule has 0 amide bonds. The molecule has 0 aliphatic heterocycles. The molecule has 0 aromatic heterocycles. The summed E-state index contributed by atoms with van der Waals surface area (Å²) >= 11 is 0. The summed E-state index contributed by atoms with van der Waals surface area (Å²) in [6.07, 6.45) is 2.10. The van der Waals surface area contributed by atoms with Crippen LogP contribution in [0.5, 0.6) is 0 Å². The lowest BCUT2D eigenvalue weighted by molar-refractivity contribution is -0.143. The lowest BCUT2D eigenvalue weighted by Crippen LogP contribution is -2.41. The molecule has 0 fully saturated rings. The third kappa shape index (κ3) is 2.52. The second-order valence-electron chi connectivity index (χ2n) is 6.21. The van der Waals surface area contributed by atoms with E-state index in [1.54, 1.807) is 6.92 Å². The van der Waals surface area contributed by atoms with E-state index in [0.29, 0.717) is 0 Å². The molecule has 104 valence electrons. The number of carbonyl (C=O) groups is 1. The second kappa shape index (κ2) is 4.97. The second-order valence-corrected chi connectivity index (χ2v) is 6.21. The lowest BCUT2D eigenvalue weighted by atomic mass is 9.70. The van der Waals surface area contributed by atoms with Crippen LogP contribution in [0.1, 0.15) is 50.8 Å². The van der Waals surface area contributed by atoms with Crippen LogP contribution in [0.2, 0.25) is 0 Å². The van der Waals surface area contributed by atoms with E-state index >= 15 is 0 Å². The van der Waals surface area contributed by atoms with Crippen molar-refractivity contribution >= 4 is 5.97 Å². The molecule has 1 aliphatic carbocycles. The van der Waals surface area contributed by atoms with Gasteiger partial charge >= 0.3 is 5.97 Å². The molecule has 3 nitrogen and oxygen atoms in total. The van der Waals surface area contributed by atoms with E-state index in [2.05, 4.69) is 32.0 Å². The van der Waals surface area contributed by atoms with Crippen LogP contribution in [-0.4, -0.2) is 29.1 Å². The predicted molar refractivity (Wildman–Crippen MR) is 76.3 cm³/mol. The van der Waals surface area contributed by atoms with Crippen LogP contribution < -0.4 is 0 Å². The number of benzene rings is 1. The number of nitrogens with zero attached hydrogens (tertiary/aromatic N) is 1. The quantitative estimate of drug-likeness (QED) is 0.908. The summed E-state index contributed by atoms with van der Waals surface area (Å²) in [5.41, 5.74) is 2.82. The smallest absolute Gasteiger partial charge is 0.320 e. The van der Waals surface area contributed by atoms with Gasteiger partial charge in [-0.1, -0.05) is 38.1 Å². The van der Waals surface area contributed by atoms with Gasteiger partial charge in [0.1, 0.15) is 6.04 Å². The molecular formula is C16H23NO2. The van der Waals surface area contributed by atoms with E-state index in [1.165, 1.54) is 11.1 Å². The summed E-state index contributed by atoms with van der Waals surface area (Å²) < 4.78 is 0. The van der Waals surface area contributed by atoms with Crippen molar-refractivity contribution in [3.63, 3.8) is 0 Å². The van der Waals surface area contributed by atoms with Gasteiger partial charge in [0.2, 0.25) is 0 Å². The van der Waals surface area contributed by atoms with Gasteiger partial charge in [-0.2, -0.15) is 0 Å². The predicted octanol–water partition coefficient (Wildman–Crippen LogP) is 3.20. The van der Waals surface area contributed by atoms with Crippen LogP contribution in [0.25, 0.3) is 0 Å². The Kier molecular flexibility index (Phi) is 3.68. The van der Waals surface area contributed by atoms with Crippen LogP contribution in [0, 0.1) is 0 Å². The Morgan fingerprint density at radius 1 is 1.42 bits per heavy atom. The molecule has 0 saturated carbocycles. The van der Waals surface area contributed by atoms with Crippen molar-refractivity contribution in [2.24, 2.45) is 0 Å². The molecule has 0 spiro atoms. The van der Waals surface area contributed by atoms with Gasteiger partial charge in [-0.3, -0.25) is 9.69 Å². The zero-order valence-electron chi connectivity index (χ0n) is 12.2. The molecule has 3 heteroatoms. The third-order valence-electron chi connectivity index (χ3n) is 4.55. The van der Waals surface area contributed by atoms with Crippen molar-refractivity contribution < 1.29 is 9.90 Å². The number of fused-ring (bicyclic) bond motifs is 1. The van der Waals surface area contributed by atoms with Crippen molar-refractivity contribution in [3.8, 4) is 0 Å². The Bertz CT molecular complexity index is 481. The molecule has 1 aromatic carbocycles. The van der Waals surface area contributed by atoms with E-state index in [1.807, 2.05) is 18.0 Å². The molecular weight excluding hydrogens is 238 g/mol. The largest absolute Gasteiger partial charge is 0.480 e. The molecule has 1 aliphatic rings. The lowest BCUT2D eigenvalue weighted by Gasteiger charge is -2.41. The standard InChI is InChI=1S/C16H23NO2/c1-11(15(18)19)17(4)14-9-10-16(2,3)13-8-6-5-7-12(13)14/h5-8,11,14H,9-10H2,1-4H3,(H,18,19). The average Bonchev–Trinajstić information content (AvgIpc) is 2.37. The van der Waals surface area contributed by atoms with Crippen LogP contribution in [0.4, 0.5) is 0 Å². The summed E-state index contributed by atoms with van der Waals surface area (Å²) in [5.74, 6) is -0.759. The molecule has 1 N–H and O–H groups in total. The summed E-state index contributed by atoms with van der Waals surface area (Å²) in [4.78, 5) is 13.2. The van der Waals surface area contributed by atoms with Gasteiger partial charge in [-0.15, -0.1) is 0 Å². The Hall–Kier alpha value is -1.35. The topological polar surface area (TPSA) is 40.5 Å². The van der Waals surface area contributed by atoms with Gasteiger partial charge in [0.15, 0.2) is 0 Å². The number of aliphatic carboxylic acids is 1. The zero-order chi connectivity index (χ0) is 14.2. The monoisotopic (exact) mass is 261 g/mol. The number of rotatable bonds is 3. The molecule has 2 rings (SSSR count). The van der Waals surface area contributed by atoms with Crippen molar-refractivity contribution in [1.82, 2.24) is 4.90 Å². The first-order chi connectivity index (χ1) is 8.84. The maximum absolute atomic E-state index is 11.2. The van der Waals surface area contributed by atoms with E-state index in [4.69, 9.17) is 0 Å². The van der Waals surface area contributed by atoms with Gasteiger partial charge in [0.05, 0.1) is 0 Å². The fraction of sp³-hybridized carbons (Fsp3) is 0.562. The zero-order valence-corrected chi connectivity index (χ0v) is 12.2. The molecule has 19 heavy (non-hydrogen) atoms. The minimum absolute atomic E-state index is 0.181. The Morgan fingerprint density at radius 2 is 2.05 bits per heavy atom. The molecule has 0 saturated heterocycles. The highest BCUT2D eigenvalue weighted by Gasteiger charge is 2.36. The normalized spacial score (nSPS) is 22.9. The van der Waals surface area contributed by atoms with Gasteiger partial charge in [0.25, 0.3) is 0 Å². The Morgan fingerprint density at radius 3 is 2.68 bits per heavy atom. The van der Waals surface area contributed by atoms with Gasteiger partial charge < -0.3 is 5.11 Å².